The first-order valence-corrected chi connectivity index (χ1v) is 5.73. The van der Waals surface area contributed by atoms with Crippen LogP contribution in [0.2, 0.25) is 0 Å². The fourth-order valence-electron chi connectivity index (χ4n) is 1.77. The molecule has 0 aromatic heterocycles. The standard InChI is InChI=1S/C8H16INO/c1-7-2-4-10(5-3-9)8(7)6-11/h7-8,11H,2-6H2,1H3. The molecule has 3 heteroatoms. The smallest absolute Gasteiger partial charge is 0.0589 e. The van der Waals surface area contributed by atoms with Crippen molar-refractivity contribution in [3.05, 3.63) is 0 Å². The summed E-state index contributed by atoms with van der Waals surface area (Å²) in [5.74, 6) is 0.683. The highest BCUT2D eigenvalue weighted by molar-refractivity contribution is 14.1. The number of hydrogen-bond acceptors (Lipinski definition) is 2. The summed E-state index contributed by atoms with van der Waals surface area (Å²) in [7, 11) is 0. The van der Waals surface area contributed by atoms with Gasteiger partial charge in [-0.2, -0.15) is 0 Å². The molecule has 11 heavy (non-hydrogen) atoms. The van der Waals surface area contributed by atoms with Gasteiger partial charge in [-0.1, -0.05) is 29.5 Å². The van der Waals surface area contributed by atoms with Crippen LogP contribution < -0.4 is 0 Å². The van der Waals surface area contributed by atoms with E-state index in [2.05, 4.69) is 34.4 Å². The van der Waals surface area contributed by atoms with Crippen LogP contribution in [-0.4, -0.2) is 40.2 Å². The summed E-state index contributed by atoms with van der Waals surface area (Å²) < 4.78 is 1.17. The lowest BCUT2D eigenvalue weighted by Gasteiger charge is -2.23. The molecule has 1 N–H and O–H groups in total. The highest BCUT2D eigenvalue weighted by Gasteiger charge is 2.29. The molecule has 66 valence electrons. The Kier molecular flexibility index (Phi) is 4.09. The van der Waals surface area contributed by atoms with Crippen LogP contribution in [0.1, 0.15) is 13.3 Å². The molecule has 0 spiro atoms. The maximum Gasteiger partial charge on any atom is 0.0589 e. The summed E-state index contributed by atoms with van der Waals surface area (Å²) in [6, 6.07) is 0.435. The van der Waals surface area contributed by atoms with Crippen molar-refractivity contribution in [2.45, 2.75) is 19.4 Å². The SMILES string of the molecule is CC1CCN(CCI)C1CO. The Balaban J connectivity index is 2.40. The van der Waals surface area contributed by atoms with Gasteiger partial charge in [0.2, 0.25) is 0 Å². The minimum Gasteiger partial charge on any atom is -0.395 e. The van der Waals surface area contributed by atoms with Gasteiger partial charge in [0.05, 0.1) is 6.61 Å². The fourth-order valence-corrected chi connectivity index (χ4v) is 2.39. The first kappa shape index (κ1) is 9.74. The monoisotopic (exact) mass is 269 g/mol. The number of rotatable bonds is 3. The number of aliphatic hydroxyl groups is 1. The van der Waals surface area contributed by atoms with E-state index in [1.165, 1.54) is 17.4 Å². The molecule has 0 aromatic rings. The van der Waals surface area contributed by atoms with Gasteiger partial charge < -0.3 is 5.11 Å². The highest BCUT2D eigenvalue weighted by Crippen LogP contribution is 2.22. The maximum absolute atomic E-state index is 9.09. The number of hydrogen-bond donors (Lipinski definition) is 1. The molecule has 1 saturated heterocycles. The topological polar surface area (TPSA) is 23.5 Å². The lowest BCUT2D eigenvalue weighted by atomic mass is 10.0. The zero-order valence-electron chi connectivity index (χ0n) is 6.96. The Morgan fingerprint density at radius 3 is 2.91 bits per heavy atom. The molecular formula is C8H16INO. The van der Waals surface area contributed by atoms with Crippen LogP contribution in [0.4, 0.5) is 0 Å². The van der Waals surface area contributed by atoms with Gasteiger partial charge in [0, 0.05) is 17.0 Å². The van der Waals surface area contributed by atoms with E-state index in [1.807, 2.05) is 0 Å². The summed E-state index contributed by atoms with van der Waals surface area (Å²) >= 11 is 2.39. The molecule has 2 nitrogen and oxygen atoms in total. The number of alkyl halides is 1. The fraction of sp³-hybridized carbons (Fsp3) is 1.00. The van der Waals surface area contributed by atoms with Crippen LogP contribution in [0, 0.1) is 5.92 Å². The van der Waals surface area contributed by atoms with E-state index in [0.29, 0.717) is 18.6 Å². The Morgan fingerprint density at radius 1 is 1.64 bits per heavy atom. The predicted molar refractivity (Wildman–Crippen MR) is 55.1 cm³/mol. The van der Waals surface area contributed by atoms with Gasteiger partial charge in [0.1, 0.15) is 0 Å². The van der Waals surface area contributed by atoms with Crippen molar-refractivity contribution in [3.63, 3.8) is 0 Å². The predicted octanol–water partition coefficient (Wildman–Crippen LogP) is 1.12. The van der Waals surface area contributed by atoms with E-state index in [0.717, 1.165) is 6.54 Å². The first-order valence-electron chi connectivity index (χ1n) is 4.20. The van der Waals surface area contributed by atoms with E-state index in [4.69, 9.17) is 5.11 Å². The number of aliphatic hydroxyl groups excluding tert-OH is 1. The van der Waals surface area contributed by atoms with Crippen molar-refractivity contribution in [2.75, 3.05) is 24.1 Å². The number of halogens is 1. The van der Waals surface area contributed by atoms with Gasteiger partial charge in [0.25, 0.3) is 0 Å². The van der Waals surface area contributed by atoms with Gasteiger partial charge in [-0.05, 0) is 18.9 Å². The van der Waals surface area contributed by atoms with Crippen LogP contribution in [0.3, 0.4) is 0 Å². The summed E-state index contributed by atoms with van der Waals surface area (Å²) in [6.07, 6.45) is 1.25. The molecule has 0 aromatic carbocycles. The van der Waals surface area contributed by atoms with Crippen molar-refractivity contribution in [1.82, 2.24) is 4.90 Å². The molecule has 0 saturated carbocycles. The number of nitrogens with zero attached hydrogens (tertiary/aromatic N) is 1. The lowest BCUT2D eigenvalue weighted by Crippen LogP contribution is -2.36. The molecule has 1 aliphatic heterocycles. The average Bonchev–Trinajstić information content (AvgIpc) is 2.33. The van der Waals surface area contributed by atoms with E-state index in [1.54, 1.807) is 0 Å². The van der Waals surface area contributed by atoms with E-state index < -0.39 is 0 Å². The molecule has 0 amide bonds. The maximum atomic E-state index is 9.09. The summed E-state index contributed by atoms with van der Waals surface area (Å²) in [6.45, 7) is 4.87. The summed E-state index contributed by atoms with van der Waals surface area (Å²) in [4.78, 5) is 2.40. The van der Waals surface area contributed by atoms with Crippen molar-refractivity contribution >= 4 is 22.6 Å². The Hall–Kier alpha value is 0.650. The molecule has 2 atom stereocenters. The van der Waals surface area contributed by atoms with Crippen LogP contribution in [-0.2, 0) is 0 Å². The highest BCUT2D eigenvalue weighted by atomic mass is 127. The van der Waals surface area contributed by atoms with Crippen molar-refractivity contribution in [2.24, 2.45) is 5.92 Å². The molecule has 2 unspecified atom stereocenters. The molecule has 0 radical (unpaired) electrons. The number of likely N-dealkylation sites (tertiary alicyclic amines) is 1. The molecule has 0 aliphatic carbocycles. The molecule has 0 bridgehead atoms. The van der Waals surface area contributed by atoms with Crippen molar-refractivity contribution in [3.8, 4) is 0 Å². The molecule has 1 rings (SSSR count). The zero-order valence-corrected chi connectivity index (χ0v) is 9.12. The Labute approximate surface area is 82.1 Å². The third-order valence-corrected chi connectivity index (χ3v) is 3.04. The summed E-state index contributed by atoms with van der Waals surface area (Å²) in [5.41, 5.74) is 0. The van der Waals surface area contributed by atoms with Crippen LogP contribution in [0.5, 0.6) is 0 Å². The van der Waals surface area contributed by atoms with Crippen LogP contribution in [0.15, 0.2) is 0 Å². The molecular weight excluding hydrogens is 253 g/mol. The minimum atomic E-state index is 0.331. The van der Waals surface area contributed by atoms with Gasteiger partial charge in [-0.25, -0.2) is 0 Å². The van der Waals surface area contributed by atoms with Crippen LogP contribution >= 0.6 is 22.6 Å². The second kappa shape index (κ2) is 4.62. The first-order chi connectivity index (χ1) is 5.29. The van der Waals surface area contributed by atoms with Gasteiger partial charge in [0.15, 0.2) is 0 Å². The zero-order chi connectivity index (χ0) is 8.27. The van der Waals surface area contributed by atoms with Crippen molar-refractivity contribution in [1.29, 1.82) is 0 Å². The van der Waals surface area contributed by atoms with Crippen LogP contribution in [0.25, 0.3) is 0 Å². The normalized spacial score (nSPS) is 33.0. The average molecular weight is 269 g/mol. The molecule has 1 aliphatic rings. The Bertz CT molecular complexity index is 119. The van der Waals surface area contributed by atoms with Gasteiger partial charge in [-0.15, -0.1) is 0 Å². The van der Waals surface area contributed by atoms with E-state index in [-0.39, 0.29) is 0 Å². The van der Waals surface area contributed by atoms with E-state index >= 15 is 0 Å². The van der Waals surface area contributed by atoms with Crippen molar-refractivity contribution < 1.29 is 5.11 Å². The summed E-state index contributed by atoms with van der Waals surface area (Å²) in [5, 5.41) is 9.09. The largest absolute Gasteiger partial charge is 0.395 e. The van der Waals surface area contributed by atoms with E-state index in [9.17, 15) is 0 Å². The second-order valence-corrected chi connectivity index (χ2v) is 4.32. The van der Waals surface area contributed by atoms with Gasteiger partial charge >= 0.3 is 0 Å². The molecule has 1 fully saturated rings. The quantitative estimate of drug-likeness (QED) is 0.613. The second-order valence-electron chi connectivity index (χ2n) is 3.24. The third kappa shape index (κ3) is 2.29. The lowest BCUT2D eigenvalue weighted by molar-refractivity contribution is 0.145. The molecule has 1 heterocycles. The third-order valence-electron chi connectivity index (χ3n) is 2.56. The Morgan fingerprint density at radius 2 is 2.36 bits per heavy atom. The minimum absolute atomic E-state index is 0.331. The van der Waals surface area contributed by atoms with Gasteiger partial charge in [-0.3, -0.25) is 4.90 Å².